The van der Waals surface area contributed by atoms with Gasteiger partial charge in [-0.15, -0.1) is 0 Å². The van der Waals surface area contributed by atoms with Gasteiger partial charge in [-0.2, -0.15) is 0 Å². The van der Waals surface area contributed by atoms with E-state index < -0.39 is 0 Å². The highest BCUT2D eigenvalue weighted by Crippen LogP contribution is 2.23. The molecule has 2 fully saturated rings. The zero-order chi connectivity index (χ0) is 15.3. The van der Waals surface area contributed by atoms with Crippen molar-refractivity contribution >= 4 is 5.91 Å². The van der Waals surface area contributed by atoms with Gasteiger partial charge >= 0.3 is 0 Å². The zero-order valence-electron chi connectivity index (χ0n) is 13.8. The number of hydrogen-bond acceptors (Lipinski definition) is 4. The molecule has 0 radical (unpaired) electrons. The van der Waals surface area contributed by atoms with Gasteiger partial charge in [0.2, 0.25) is 5.91 Å². The molecule has 2 heterocycles. The second kappa shape index (κ2) is 7.56. The average molecular weight is 298 g/mol. The molecule has 2 saturated heterocycles. The molecule has 0 aromatic heterocycles. The van der Waals surface area contributed by atoms with E-state index in [2.05, 4.69) is 9.80 Å². The van der Waals surface area contributed by atoms with E-state index in [4.69, 9.17) is 9.47 Å². The lowest BCUT2D eigenvalue weighted by atomic mass is 9.92. The van der Waals surface area contributed by atoms with Crippen molar-refractivity contribution in [2.45, 2.75) is 39.7 Å². The van der Waals surface area contributed by atoms with Gasteiger partial charge in [0.25, 0.3) is 0 Å². The maximum Gasteiger partial charge on any atom is 0.228 e. The Morgan fingerprint density at radius 3 is 2.24 bits per heavy atom. The molecule has 1 amide bonds. The minimum absolute atomic E-state index is 0.266. The Hall–Kier alpha value is -0.650. The first kappa shape index (κ1) is 16.7. The molecule has 2 aliphatic rings. The topological polar surface area (TPSA) is 42.0 Å². The second-order valence-corrected chi connectivity index (χ2v) is 7.05. The number of amides is 1. The lowest BCUT2D eigenvalue weighted by molar-refractivity contribution is -0.144. The highest BCUT2D eigenvalue weighted by Gasteiger charge is 2.33. The number of carbonyl (C=O) groups excluding carboxylic acids is 1. The van der Waals surface area contributed by atoms with Crippen LogP contribution in [0, 0.1) is 5.41 Å². The standard InChI is InChI=1S/C16H30N2O3/c1-16(2,3)15(19)18(14-4-10-20-11-5-14)7-6-17-8-12-21-13-9-17/h14H,4-13H2,1-3H3. The Kier molecular flexibility index (Phi) is 6.02. The molecular formula is C16H30N2O3. The number of ether oxygens (including phenoxy) is 2. The molecule has 122 valence electrons. The van der Waals surface area contributed by atoms with E-state index in [-0.39, 0.29) is 11.3 Å². The molecular weight excluding hydrogens is 268 g/mol. The summed E-state index contributed by atoms with van der Waals surface area (Å²) in [7, 11) is 0. The molecule has 0 saturated carbocycles. The molecule has 0 aromatic carbocycles. The quantitative estimate of drug-likeness (QED) is 0.786. The SMILES string of the molecule is CC(C)(C)C(=O)N(CCN1CCOCC1)C1CCOCC1. The summed E-state index contributed by atoms with van der Waals surface area (Å²) in [5, 5.41) is 0. The van der Waals surface area contributed by atoms with Crippen LogP contribution in [0.5, 0.6) is 0 Å². The summed E-state index contributed by atoms with van der Waals surface area (Å²) in [6.07, 6.45) is 1.93. The second-order valence-electron chi connectivity index (χ2n) is 7.05. The predicted octanol–water partition coefficient (Wildman–Crippen LogP) is 1.37. The van der Waals surface area contributed by atoms with Gasteiger partial charge in [-0.1, -0.05) is 20.8 Å². The summed E-state index contributed by atoms with van der Waals surface area (Å²) in [5.41, 5.74) is -0.316. The van der Waals surface area contributed by atoms with Gasteiger partial charge in [-0.3, -0.25) is 9.69 Å². The fraction of sp³-hybridized carbons (Fsp3) is 0.938. The highest BCUT2D eigenvalue weighted by molar-refractivity contribution is 5.81. The lowest BCUT2D eigenvalue weighted by Crippen LogP contribution is -2.51. The van der Waals surface area contributed by atoms with E-state index in [1.54, 1.807) is 0 Å². The third-order valence-corrected chi connectivity index (χ3v) is 4.29. The highest BCUT2D eigenvalue weighted by atomic mass is 16.5. The smallest absolute Gasteiger partial charge is 0.228 e. The molecule has 0 atom stereocenters. The van der Waals surface area contributed by atoms with E-state index in [1.807, 2.05) is 20.8 Å². The van der Waals surface area contributed by atoms with Crippen molar-refractivity contribution in [1.29, 1.82) is 0 Å². The predicted molar refractivity (Wildman–Crippen MR) is 82.3 cm³/mol. The molecule has 0 bridgehead atoms. The largest absolute Gasteiger partial charge is 0.381 e. The van der Waals surface area contributed by atoms with Gasteiger partial charge < -0.3 is 14.4 Å². The molecule has 0 spiro atoms. The minimum Gasteiger partial charge on any atom is -0.381 e. The monoisotopic (exact) mass is 298 g/mol. The van der Waals surface area contributed by atoms with Crippen molar-refractivity contribution in [3.8, 4) is 0 Å². The van der Waals surface area contributed by atoms with Crippen LogP contribution in [0.1, 0.15) is 33.6 Å². The maximum atomic E-state index is 12.8. The van der Waals surface area contributed by atoms with Crippen molar-refractivity contribution < 1.29 is 14.3 Å². The van der Waals surface area contributed by atoms with Crippen molar-refractivity contribution in [2.24, 2.45) is 5.41 Å². The van der Waals surface area contributed by atoms with Crippen LogP contribution in [0.15, 0.2) is 0 Å². The number of carbonyl (C=O) groups is 1. The van der Waals surface area contributed by atoms with Gasteiger partial charge in [-0.05, 0) is 12.8 Å². The van der Waals surface area contributed by atoms with E-state index >= 15 is 0 Å². The van der Waals surface area contributed by atoms with Crippen LogP contribution in [0.3, 0.4) is 0 Å². The molecule has 0 aromatic rings. The van der Waals surface area contributed by atoms with Crippen LogP contribution >= 0.6 is 0 Å². The molecule has 21 heavy (non-hydrogen) atoms. The number of morpholine rings is 1. The van der Waals surface area contributed by atoms with Gasteiger partial charge in [0.15, 0.2) is 0 Å². The summed E-state index contributed by atoms with van der Waals surface area (Å²) in [6.45, 7) is 12.9. The Balaban J connectivity index is 1.95. The van der Waals surface area contributed by atoms with E-state index in [1.165, 1.54) is 0 Å². The van der Waals surface area contributed by atoms with E-state index in [9.17, 15) is 4.79 Å². The fourth-order valence-electron chi connectivity index (χ4n) is 2.95. The van der Waals surface area contributed by atoms with Crippen molar-refractivity contribution in [3.63, 3.8) is 0 Å². The fourth-order valence-corrected chi connectivity index (χ4v) is 2.95. The van der Waals surface area contributed by atoms with Crippen molar-refractivity contribution in [3.05, 3.63) is 0 Å². The van der Waals surface area contributed by atoms with Crippen molar-refractivity contribution in [2.75, 3.05) is 52.6 Å². The molecule has 5 nitrogen and oxygen atoms in total. The van der Waals surface area contributed by atoms with Crippen LogP contribution < -0.4 is 0 Å². The van der Waals surface area contributed by atoms with Gasteiger partial charge in [-0.25, -0.2) is 0 Å². The Morgan fingerprint density at radius 2 is 1.67 bits per heavy atom. The Morgan fingerprint density at radius 1 is 1.10 bits per heavy atom. The summed E-state index contributed by atoms with van der Waals surface area (Å²) in [5.74, 6) is 0.266. The number of hydrogen-bond donors (Lipinski definition) is 0. The van der Waals surface area contributed by atoms with Crippen LogP contribution in [0.2, 0.25) is 0 Å². The van der Waals surface area contributed by atoms with Gasteiger partial charge in [0.05, 0.1) is 13.2 Å². The molecule has 5 heteroatoms. The summed E-state index contributed by atoms with van der Waals surface area (Å²) in [6, 6.07) is 0.339. The Labute approximate surface area is 128 Å². The maximum absolute atomic E-state index is 12.8. The first-order valence-electron chi connectivity index (χ1n) is 8.17. The first-order chi connectivity index (χ1) is 9.98. The Bertz CT molecular complexity index is 329. The number of nitrogens with zero attached hydrogens (tertiary/aromatic N) is 2. The molecule has 0 N–H and O–H groups in total. The summed E-state index contributed by atoms with van der Waals surface area (Å²) in [4.78, 5) is 17.3. The van der Waals surface area contributed by atoms with E-state index in [0.717, 1.165) is 65.4 Å². The van der Waals surface area contributed by atoms with Crippen LogP contribution in [-0.4, -0.2) is 74.4 Å². The third kappa shape index (κ3) is 4.94. The first-order valence-corrected chi connectivity index (χ1v) is 8.17. The molecule has 0 aliphatic carbocycles. The lowest BCUT2D eigenvalue weighted by Gasteiger charge is -2.39. The summed E-state index contributed by atoms with van der Waals surface area (Å²) >= 11 is 0. The third-order valence-electron chi connectivity index (χ3n) is 4.29. The minimum atomic E-state index is -0.316. The van der Waals surface area contributed by atoms with Crippen LogP contribution in [0.4, 0.5) is 0 Å². The van der Waals surface area contributed by atoms with E-state index in [0.29, 0.717) is 6.04 Å². The average Bonchev–Trinajstić information content (AvgIpc) is 2.48. The molecule has 0 unspecified atom stereocenters. The molecule has 2 aliphatic heterocycles. The van der Waals surface area contributed by atoms with Crippen molar-refractivity contribution in [1.82, 2.24) is 9.80 Å². The van der Waals surface area contributed by atoms with Crippen LogP contribution in [-0.2, 0) is 14.3 Å². The van der Waals surface area contributed by atoms with Gasteiger partial charge in [0, 0.05) is 50.8 Å². The van der Waals surface area contributed by atoms with Crippen LogP contribution in [0.25, 0.3) is 0 Å². The number of rotatable bonds is 4. The summed E-state index contributed by atoms with van der Waals surface area (Å²) < 4.78 is 10.8. The van der Waals surface area contributed by atoms with Gasteiger partial charge in [0.1, 0.15) is 0 Å². The molecule has 2 rings (SSSR count). The zero-order valence-corrected chi connectivity index (χ0v) is 13.8. The normalized spacial score (nSPS) is 22.2.